The molecule has 2 heterocycles. The largest absolute Gasteiger partial charge is 0.353 e. The maximum absolute atomic E-state index is 4.93. The molecular formula is C24H28N4. The molecule has 2 unspecified atom stereocenters. The Bertz CT molecular complexity index is 937. The fourth-order valence-corrected chi connectivity index (χ4v) is 4.03. The van der Waals surface area contributed by atoms with Crippen LogP contribution >= 0.6 is 0 Å². The van der Waals surface area contributed by atoms with Crippen molar-refractivity contribution in [3.8, 4) is 0 Å². The minimum absolute atomic E-state index is 0.454. The van der Waals surface area contributed by atoms with E-state index >= 15 is 0 Å². The van der Waals surface area contributed by atoms with Crippen molar-refractivity contribution in [2.75, 3.05) is 23.4 Å². The van der Waals surface area contributed by atoms with E-state index in [9.17, 15) is 0 Å². The van der Waals surface area contributed by atoms with E-state index in [0.717, 1.165) is 36.1 Å². The van der Waals surface area contributed by atoms with Gasteiger partial charge in [0.15, 0.2) is 0 Å². The van der Waals surface area contributed by atoms with E-state index in [4.69, 9.17) is 4.98 Å². The normalized spacial score (nSPS) is 19.1. The molecule has 0 saturated carbocycles. The zero-order valence-electron chi connectivity index (χ0n) is 17.1. The number of aromatic nitrogens is 2. The van der Waals surface area contributed by atoms with Crippen molar-refractivity contribution in [2.24, 2.45) is 0 Å². The summed E-state index contributed by atoms with van der Waals surface area (Å²) in [6, 6.07) is 21.8. The van der Waals surface area contributed by atoms with Crippen LogP contribution in [0.15, 0.2) is 60.7 Å². The first-order chi connectivity index (χ1) is 13.5. The highest BCUT2D eigenvalue weighted by Gasteiger charge is 2.31. The van der Waals surface area contributed by atoms with Gasteiger partial charge in [-0.25, -0.2) is 4.98 Å². The summed E-state index contributed by atoms with van der Waals surface area (Å²) in [5, 5.41) is 0. The summed E-state index contributed by atoms with van der Waals surface area (Å²) >= 11 is 0. The van der Waals surface area contributed by atoms with Crippen molar-refractivity contribution in [3.63, 3.8) is 0 Å². The van der Waals surface area contributed by atoms with Crippen molar-refractivity contribution in [1.29, 1.82) is 0 Å². The maximum Gasteiger partial charge on any atom is 0.231 e. The molecule has 3 aromatic rings. The molecule has 2 atom stereocenters. The number of anilines is 3. The third-order valence-corrected chi connectivity index (χ3v) is 5.69. The van der Waals surface area contributed by atoms with E-state index in [2.05, 4.69) is 71.1 Å². The van der Waals surface area contributed by atoms with Crippen molar-refractivity contribution in [2.45, 2.75) is 39.2 Å². The minimum Gasteiger partial charge on any atom is -0.353 e. The molecule has 0 bridgehead atoms. The molecule has 4 nitrogen and oxygen atoms in total. The van der Waals surface area contributed by atoms with Crippen LogP contribution < -0.4 is 9.80 Å². The van der Waals surface area contributed by atoms with E-state index in [1.165, 1.54) is 11.1 Å². The number of nitrogens with zero attached hydrogens (tertiary/aromatic N) is 4. The Labute approximate surface area is 167 Å². The molecule has 1 saturated heterocycles. The second-order valence-corrected chi connectivity index (χ2v) is 7.91. The molecule has 0 aliphatic carbocycles. The van der Waals surface area contributed by atoms with Gasteiger partial charge in [-0.1, -0.05) is 48.0 Å². The molecule has 1 fully saturated rings. The number of aryl methyl sites for hydroxylation is 2. The van der Waals surface area contributed by atoms with Gasteiger partial charge in [-0.3, -0.25) is 0 Å². The van der Waals surface area contributed by atoms with E-state index in [1.54, 1.807) is 0 Å². The molecule has 1 aliphatic heterocycles. The second kappa shape index (κ2) is 7.63. The van der Waals surface area contributed by atoms with E-state index in [1.807, 2.05) is 32.2 Å². The summed E-state index contributed by atoms with van der Waals surface area (Å²) in [6.45, 7) is 7.48. The summed E-state index contributed by atoms with van der Waals surface area (Å²) in [6.07, 6.45) is 1.15. The van der Waals surface area contributed by atoms with Crippen LogP contribution in [-0.2, 0) is 0 Å². The lowest BCUT2D eigenvalue weighted by molar-refractivity contribution is 0.696. The molecule has 144 valence electrons. The summed E-state index contributed by atoms with van der Waals surface area (Å²) < 4.78 is 0. The van der Waals surface area contributed by atoms with Crippen LogP contribution in [0.1, 0.15) is 36.1 Å². The van der Waals surface area contributed by atoms with Gasteiger partial charge in [0.2, 0.25) is 5.95 Å². The molecule has 4 heteroatoms. The molecule has 4 rings (SSSR count). The summed E-state index contributed by atoms with van der Waals surface area (Å²) in [5.74, 6) is 2.31. The molecule has 28 heavy (non-hydrogen) atoms. The zero-order chi connectivity index (χ0) is 19.7. The smallest absolute Gasteiger partial charge is 0.231 e. The van der Waals surface area contributed by atoms with Crippen molar-refractivity contribution in [1.82, 2.24) is 9.97 Å². The monoisotopic (exact) mass is 372 g/mol. The van der Waals surface area contributed by atoms with Crippen LogP contribution in [0.3, 0.4) is 0 Å². The van der Waals surface area contributed by atoms with Crippen molar-refractivity contribution < 1.29 is 0 Å². The molecule has 1 aromatic heterocycles. The summed E-state index contributed by atoms with van der Waals surface area (Å²) in [5.41, 5.74) is 4.82. The fraction of sp³-hybridized carbons (Fsp3) is 0.333. The van der Waals surface area contributed by atoms with Crippen LogP contribution in [0.4, 0.5) is 17.5 Å². The quantitative estimate of drug-likeness (QED) is 0.627. The Hall–Kier alpha value is -2.88. The minimum atomic E-state index is 0.454. The van der Waals surface area contributed by atoms with Crippen molar-refractivity contribution in [3.05, 3.63) is 77.5 Å². The third-order valence-electron chi connectivity index (χ3n) is 5.69. The lowest BCUT2D eigenvalue weighted by Gasteiger charge is -2.25. The Morgan fingerprint density at radius 2 is 1.68 bits per heavy atom. The van der Waals surface area contributed by atoms with Crippen LogP contribution in [0.2, 0.25) is 0 Å². The van der Waals surface area contributed by atoms with Gasteiger partial charge in [-0.2, -0.15) is 4.98 Å². The third kappa shape index (κ3) is 3.72. The van der Waals surface area contributed by atoms with Gasteiger partial charge in [-0.15, -0.1) is 0 Å². The van der Waals surface area contributed by atoms with Gasteiger partial charge in [0.1, 0.15) is 5.82 Å². The predicted octanol–water partition coefficient (Wildman–Crippen LogP) is 5.24. The first kappa shape index (κ1) is 18.5. The van der Waals surface area contributed by atoms with Gasteiger partial charge >= 0.3 is 0 Å². The van der Waals surface area contributed by atoms with Gasteiger partial charge in [0.05, 0.1) is 0 Å². The Morgan fingerprint density at radius 3 is 2.39 bits per heavy atom. The van der Waals surface area contributed by atoms with Gasteiger partial charge < -0.3 is 9.80 Å². The lowest BCUT2D eigenvalue weighted by atomic mass is 9.96. The lowest BCUT2D eigenvalue weighted by Crippen LogP contribution is -2.28. The molecule has 0 N–H and O–H groups in total. The van der Waals surface area contributed by atoms with E-state index < -0.39 is 0 Å². The van der Waals surface area contributed by atoms with Crippen molar-refractivity contribution >= 4 is 17.5 Å². The highest BCUT2D eigenvalue weighted by Crippen LogP contribution is 2.35. The predicted molar refractivity (Wildman–Crippen MR) is 117 cm³/mol. The Balaban J connectivity index is 1.60. The number of hydrogen-bond donors (Lipinski definition) is 0. The first-order valence-corrected chi connectivity index (χ1v) is 9.99. The van der Waals surface area contributed by atoms with Gasteiger partial charge in [0.25, 0.3) is 0 Å². The average Bonchev–Trinajstić information content (AvgIpc) is 3.10. The van der Waals surface area contributed by atoms with E-state index in [-0.39, 0.29) is 0 Å². The molecule has 0 amide bonds. The fourth-order valence-electron chi connectivity index (χ4n) is 4.03. The van der Waals surface area contributed by atoms with E-state index in [0.29, 0.717) is 12.0 Å². The molecule has 0 spiro atoms. The number of hydrogen-bond acceptors (Lipinski definition) is 4. The van der Waals surface area contributed by atoms with Crippen LogP contribution in [0, 0.1) is 13.8 Å². The maximum atomic E-state index is 4.93. The second-order valence-electron chi connectivity index (χ2n) is 7.91. The average molecular weight is 373 g/mol. The summed E-state index contributed by atoms with van der Waals surface area (Å²) in [7, 11) is 2.02. The molecular weight excluding hydrogens is 344 g/mol. The highest BCUT2D eigenvalue weighted by atomic mass is 15.3. The molecule has 1 aliphatic rings. The number of para-hydroxylation sites is 1. The Morgan fingerprint density at radius 1 is 0.964 bits per heavy atom. The molecule has 0 radical (unpaired) electrons. The molecule has 2 aromatic carbocycles. The standard InChI is InChI=1S/C24H28N4/c1-17-10-12-20(13-11-17)21-15-19(3)28(16-21)23-14-18(2)25-24(26-23)27(4)22-8-6-5-7-9-22/h5-14,19,21H,15-16H2,1-4H3. The number of rotatable bonds is 4. The van der Waals surface area contributed by atoms with Gasteiger partial charge in [0, 0.05) is 43.0 Å². The van der Waals surface area contributed by atoms with Crippen LogP contribution in [-0.4, -0.2) is 29.6 Å². The van der Waals surface area contributed by atoms with Crippen LogP contribution in [0.5, 0.6) is 0 Å². The highest BCUT2D eigenvalue weighted by molar-refractivity contribution is 5.58. The Kier molecular flexibility index (Phi) is 5.03. The van der Waals surface area contributed by atoms with Crippen LogP contribution in [0.25, 0.3) is 0 Å². The van der Waals surface area contributed by atoms with Gasteiger partial charge in [-0.05, 0) is 44.9 Å². The zero-order valence-corrected chi connectivity index (χ0v) is 17.1. The first-order valence-electron chi connectivity index (χ1n) is 9.99. The topological polar surface area (TPSA) is 32.3 Å². The summed E-state index contributed by atoms with van der Waals surface area (Å²) in [4.78, 5) is 14.1. The SMILES string of the molecule is Cc1ccc(C2CC(C)N(c3cc(C)nc(N(C)c4ccccc4)n3)C2)cc1. The number of benzene rings is 2.